The molecule has 26 heavy (non-hydrogen) atoms. The summed E-state index contributed by atoms with van der Waals surface area (Å²) >= 11 is 0. The van der Waals surface area contributed by atoms with Gasteiger partial charge in [0.25, 0.3) is 11.6 Å². The third-order valence-electron chi connectivity index (χ3n) is 3.58. The number of hydrogen-bond donors (Lipinski definition) is 1. The summed E-state index contributed by atoms with van der Waals surface area (Å²) in [4.78, 5) is 47.7. The molecule has 0 radical (unpaired) electrons. The summed E-state index contributed by atoms with van der Waals surface area (Å²) in [6.07, 6.45) is 0. The first-order valence-electron chi connectivity index (χ1n) is 7.15. The van der Waals surface area contributed by atoms with Gasteiger partial charge in [0.2, 0.25) is 0 Å². The summed E-state index contributed by atoms with van der Waals surface area (Å²) in [5.41, 5.74) is 3.76. The fraction of sp³-hybridized carbons (Fsp3) is 0.267. The predicted molar refractivity (Wildman–Crippen MR) is 86.0 cm³/mol. The number of nitro benzene ring substituents is 1. The van der Waals surface area contributed by atoms with Crippen LogP contribution in [-0.4, -0.2) is 50.3 Å². The molecular weight excluding hydrogens is 350 g/mol. The Kier molecular flexibility index (Phi) is 5.52. The van der Waals surface area contributed by atoms with Gasteiger partial charge in [-0.05, 0) is 6.07 Å². The second-order valence-corrected chi connectivity index (χ2v) is 5.01. The molecule has 0 fully saturated rings. The number of anilines is 1. The summed E-state index contributed by atoms with van der Waals surface area (Å²) in [5.74, 6) is -2.80. The SMILES string of the molecule is COC(=O)C1=C(C(=O)OC)N(c2c(C(N)=O)cccc2[N+](=O)[O-])COC1. The van der Waals surface area contributed by atoms with Crippen LogP contribution in [0.25, 0.3) is 0 Å². The molecule has 11 heteroatoms. The highest BCUT2D eigenvalue weighted by Crippen LogP contribution is 2.36. The lowest BCUT2D eigenvalue weighted by atomic mass is 10.1. The van der Waals surface area contributed by atoms with Crippen LogP contribution in [0.4, 0.5) is 11.4 Å². The van der Waals surface area contributed by atoms with E-state index in [0.717, 1.165) is 25.2 Å². The first kappa shape index (κ1) is 18.9. The van der Waals surface area contributed by atoms with E-state index >= 15 is 0 Å². The van der Waals surface area contributed by atoms with E-state index in [1.165, 1.54) is 12.1 Å². The van der Waals surface area contributed by atoms with Crippen LogP contribution in [0.3, 0.4) is 0 Å². The molecule has 138 valence electrons. The zero-order valence-electron chi connectivity index (χ0n) is 13.9. The molecule has 2 N–H and O–H groups in total. The molecule has 11 nitrogen and oxygen atoms in total. The minimum absolute atomic E-state index is 0.209. The molecule has 0 unspecified atom stereocenters. The Bertz CT molecular complexity index is 785. The molecule has 0 bridgehead atoms. The number of rotatable bonds is 5. The van der Waals surface area contributed by atoms with Crippen molar-refractivity contribution < 1.29 is 33.5 Å². The molecule has 1 amide bonds. The Morgan fingerprint density at radius 1 is 1.23 bits per heavy atom. The Balaban J connectivity index is 2.80. The van der Waals surface area contributed by atoms with E-state index in [2.05, 4.69) is 9.47 Å². The van der Waals surface area contributed by atoms with E-state index in [0.29, 0.717) is 0 Å². The van der Waals surface area contributed by atoms with E-state index in [-0.39, 0.29) is 35.9 Å². The van der Waals surface area contributed by atoms with E-state index in [4.69, 9.17) is 10.5 Å². The summed E-state index contributed by atoms with van der Waals surface area (Å²) in [5, 5.41) is 11.4. The highest BCUT2D eigenvalue weighted by Gasteiger charge is 2.37. The molecule has 1 heterocycles. The molecule has 0 spiro atoms. The summed E-state index contributed by atoms with van der Waals surface area (Å²) < 4.78 is 14.5. The Labute approximate surface area is 147 Å². The zero-order valence-corrected chi connectivity index (χ0v) is 13.9. The number of ether oxygens (including phenoxy) is 3. The van der Waals surface area contributed by atoms with Crippen molar-refractivity contribution in [1.82, 2.24) is 0 Å². The summed E-state index contributed by atoms with van der Waals surface area (Å²) in [7, 11) is 2.18. The Hall–Kier alpha value is -3.47. The van der Waals surface area contributed by atoms with Crippen molar-refractivity contribution in [1.29, 1.82) is 0 Å². The highest BCUT2D eigenvalue weighted by molar-refractivity contribution is 6.07. The van der Waals surface area contributed by atoms with Gasteiger partial charge < -0.3 is 24.8 Å². The average molecular weight is 365 g/mol. The lowest BCUT2D eigenvalue weighted by Gasteiger charge is -2.31. The third-order valence-corrected chi connectivity index (χ3v) is 3.58. The first-order valence-corrected chi connectivity index (χ1v) is 7.15. The second kappa shape index (κ2) is 7.61. The number of primary amides is 1. The molecular formula is C15H15N3O8. The Morgan fingerprint density at radius 3 is 2.42 bits per heavy atom. The normalized spacial score (nSPS) is 14.0. The van der Waals surface area contributed by atoms with Gasteiger partial charge in [-0.25, -0.2) is 9.59 Å². The lowest BCUT2D eigenvalue weighted by Crippen LogP contribution is -2.40. The number of methoxy groups -OCH3 is 2. The van der Waals surface area contributed by atoms with Crippen molar-refractivity contribution in [3.05, 3.63) is 45.1 Å². The van der Waals surface area contributed by atoms with Crippen molar-refractivity contribution in [2.75, 3.05) is 32.5 Å². The smallest absolute Gasteiger partial charge is 0.355 e. The number of para-hydroxylation sites is 1. The molecule has 1 aliphatic rings. The van der Waals surface area contributed by atoms with E-state index in [1.54, 1.807) is 0 Å². The molecule has 1 aliphatic heterocycles. The highest BCUT2D eigenvalue weighted by atomic mass is 16.6. The standard InChI is InChI=1S/C15H15N3O8/c1-24-14(20)9-6-26-7-17(12(9)15(21)25-2)11-8(13(16)19)4-3-5-10(11)18(22)23/h3-5H,6-7H2,1-2H3,(H2,16,19). The van der Waals surface area contributed by atoms with Gasteiger partial charge in [0, 0.05) is 6.07 Å². The van der Waals surface area contributed by atoms with Gasteiger partial charge in [-0.15, -0.1) is 0 Å². The number of benzene rings is 1. The number of nitrogens with two attached hydrogens (primary N) is 1. The van der Waals surface area contributed by atoms with E-state index in [1.807, 2.05) is 0 Å². The van der Waals surface area contributed by atoms with Gasteiger partial charge in [-0.2, -0.15) is 0 Å². The van der Waals surface area contributed by atoms with Crippen LogP contribution in [0.1, 0.15) is 10.4 Å². The summed E-state index contributed by atoms with van der Waals surface area (Å²) in [6.45, 7) is -0.629. The van der Waals surface area contributed by atoms with Crippen LogP contribution in [0.5, 0.6) is 0 Å². The van der Waals surface area contributed by atoms with Crippen molar-refractivity contribution in [2.24, 2.45) is 5.73 Å². The molecule has 0 saturated carbocycles. The molecule has 1 aromatic rings. The molecule has 0 saturated heterocycles. The van der Waals surface area contributed by atoms with Crippen LogP contribution in [-0.2, 0) is 23.8 Å². The van der Waals surface area contributed by atoms with Gasteiger partial charge >= 0.3 is 11.9 Å². The van der Waals surface area contributed by atoms with E-state index in [9.17, 15) is 24.5 Å². The van der Waals surface area contributed by atoms with Gasteiger partial charge in [0.15, 0.2) is 0 Å². The van der Waals surface area contributed by atoms with Crippen LogP contribution >= 0.6 is 0 Å². The van der Waals surface area contributed by atoms with Gasteiger partial charge in [-0.1, -0.05) is 6.07 Å². The molecule has 0 aliphatic carbocycles. The van der Waals surface area contributed by atoms with Crippen LogP contribution in [0.2, 0.25) is 0 Å². The second-order valence-electron chi connectivity index (χ2n) is 5.01. The zero-order chi connectivity index (χ0) is 19.4. The predicted octanol–water partition coefficient (Wildman–Crippen LogP) is 0.0879. The number of amides is 1. The molecule has 2 rings (SSSR count). The maximum atomic E-state index is 12.3. The topological polar surface area (TPSA) is 151 Å². The van der Waals surface area contributed by atoms with Gasteiger partial charge in [0.05, 0.1) is 36.9 Å². The summed E-state index contributed by atoms with van der Waals surface area (Å²) in [6, 6.07) is 3.66. The number of hydrogen-bond acceptors (Lipinski definition) is 9. The maximum absolute atomic E-state index is 12.3. The molecule has 0 aromatic heterocycles. The first-order chi connectivity index (χ1) is 12.3. The monoisotopic (exact) mass is 365 g/mol. The number of nitrogens with zero attached hydrogens (tertiary/aromatic N) is 2. The number of carbonyl (C=O) groups excluding carboxylic acids is 3. The van der Waals surface area contributed by atoms with Crippen LogP contribution < -0.4 is 10.6 Å². The van der Waals surface area contributed by atoms with Crippen molar-refractivity contribution in [3.8, 4) is 0 Å². The third kappa shape index (κ3) is 3.32. The maximum Gasteiger partial charge on any atom is 0.355 e. The lowest BCUT2D eigenvalue weighted by molar-refractivity contribution is -0.384. The Morgan fingerprint density at radius 2 is 1.88 bits per heavy atom. The van der Waals surface area contributed by atoms with Crippen molar-refractivity contribution in [2.45, 2.75) is 0 Å². The number of esters is 2. The largest absolute Gasteiger partial charge is 0.466 e. The number of carbonyl (C=O) groups is 3. The van der Waals surface area contributed by atoms with Crippen molar-refractivity contribution in [3.63, 3.8) is 0 Å². The van der Waals surface area contributed by atoms with E-state index < -0.39 is 28.5 Å². The van der Waals surface area contributed by atoms with Crippen LogP contribution in [0, 0.1) is 10.1 Å². The minimum Gasteiger partial charge on any atom is -0.466 e. The molecule has 1 aromatic carbocycles. The molecule has 0 atom stereocenters. The van der Waals surface area contributed by atoms with Crippen LogP contribution in [0.15, 0.2) is 29.5 Å². The van der Waals surface area contributed by atoms with Gasteiger partial charge in [-0.3, -0.25) is 14.9 Å². The minimum atomic E-state index is -0.960. The number of nitro groups is 1. The quantitative estimate of drug-likeness (QED) is 0.434. The average Bonchev–Trinajstić information content (AvgIpc) is 2.65. The van der Waals surface area contributed by atoms with Crippen molar-refractivity contribution >= 4 is 29.2 Å². The fourth-order valence-electron chi connectivity index (χ4n) is 2.48. The fourth-order valence-corrected chi connectivity index (χ4v) is 2.48. The van der Waals surface area contributed by atoms with Gasteiger partial charge in [0.1, 0.15) is 18.1 Å².